The number of nitro benzene ring substituents is 1. The third-order valence-electron chi connectivity index (χ3n) is 3.83. The van der Waals surface area contributed by atoms with Crippen LogP contribution < -0.4 is 4.90 Å². The molecule has 6 nitrogen and oxygen atoms in total. The first-order valence-corrected chi connectivity index (χ1v) is 6.78. The van der Waals surface area contributed by atoms with Gasteiger partial charge < -0.3 is 10.0 Å². The lowest BCUT2D eigenvalue weighted by Crippen LogP contribution is -2.38. The lowest BCUT2D eigenvalue weighted by Gasteiger charge is -2.33. The van der Waals surface area contributed by atoms with Crippen LogP contribution in [0.1, 0.15) is 32.3 Å². The summed E-state index contributed by atoms with van der Waals surface area (Å²) in [5.74, 6) is -1.13. The monoisotopic (exact) mass is 290 g/mol. The number of carbonyl (C=O) groups is 1. The number of hydrogen-bond acceptors (Lipinski definition) is 4. The molecule has 0 spiro atoms. The van der Waals surface area contributed by atoms with E-state index in [2.05, 4.69) is 18.7 Å². The van der Waals surface area contributed by atoms with Gasteiger partial charge in [0.05, 0.1) is 10.5 Å². The summed E-state index contributed by atoms with van der Waals surface area (Å²) in [4.78, 5) is 23.4. The van der Waals surface area contributed by atoms with E-state index in [-0.39, 0.29) is 11.2 Å². The van der Waals surface area contributed by atoms with Crippen LogP contribution in [0, 0.1) is 10.1 Å². The predicted octanol–water partition coefficient (Wildman–Crippen LogP) is 3.07. The van der Waals surface area contributed by atoms with Crippen molar-refractivity contribution in [2.45, 2.75) is 32.2 Å². The fraction of sp³-hybridized carbons (Fsp3) is 0.400. The Labute approximate surface area is 122 Å². The molecule has 1 saturated heterocycles. The molecule has 0 unspecified atom stereocenters. The summed E-state index contributed by atoms with van der Waals surface area (Å²) in [6.45, 7) is 5.16. The molecule has 112 valence electrons. The first-order valence-electron chi connectivity index (χ1n) is 6.78. The summed E-state index contributed by atoms with van der Waals surface area (Å²) < 4.78 is 0. The van der Waals surface area contributed by atoms with Gasteiger partial charge in [0.15, 0.2) is 0 Å². The molecule has 0 atom stereocenters. The van der Waals surface area contributed by atoms with E-state index < -0.39 is 10.9 Å². The number of nitrogens with zero attached hydrogens (tertiary/aromatic N) is 2. The second kappa shape index (κ2) is 5.55. The summed E-state index contributed by atoms with van der Waals surface area (Å²) in [7, 11) is 0. The zero-order valence-corrected chi connectivity index (χ0v) is 12.1. The highest BCUT2D eigenvalue weighted by molar-refractivity contribution is 5.86. The van der Waals surface area contributed by atoms with Crippen LogP contribution in [0.25, 0.3) is 6.08 Å². The van der Waals surface area contributed by atoms with Gasteiger partial charge >= 0.3 is 5.97 Å². The highest BCUT2D eigenvalue weighted by atomic mass is 16.6. The number of anilines is 1. The van der Waals surface area contributed by atoms with Crippen LogP contribution in [0.2, 0.25) is 0 Å². The quantitative estimate of drug-likeness (QED) is 0.523. The Kier molecular flexibility index (Phi) is 3.97. The molecule has 1 fully saturated rings. The maximum Gasteiger partial charge on any atom is 0.328 e. The lowest BCUT2D eigenvalue weighted by atomic mass is 10.0. The number of carboxylic acids is 1. The average Bonchev–Trinajstić information content (AvgIpc) is 2.75. The van der Waals surface area contributed by atoms with E-state index in [0.717, 1.165) is 31.1 Å². The van der Waals surface area contributed by atoms with E-state index in [4.69, 9.17) is 5.11 Å². The molecule has 0 saturated carbocycles. The third-order valence-corrected chi connectivity index (χ3v) is 3.83. The third kappa shape index (κ3) is 3.21. The van der Waals surface area contributed by atoms with Crippen molar-refractivity contribution < 1.29 is 14.8 Å². The molecular formula is C15H18N2O4. The van der Waals surface area contributed by atoms with Gasteiger partial charge in [0.1, 0.15) is 0 Å². The smallest absolute Gasteiger partial charge is 0.328 e. The SMILES string of the molecule is CC1(C)CCCN1c1ccc([N+](=O)[O-])c(/C=C/C(=O)O)c1. The highest BCUT2D eigenvalue weighted by Gasteiger charge is 2.32. The molecule has 21 heavy (non-hydrogen) atoms. The molecule has 1 aliphatic heterocycles. The van der Waals surface area contributed by atoms with Gasteiger partial charge in [-0.2, -0.15) is 0 Å². The second-order valence-electron chi connectivity index (χ2n) is 5.74. The lowest BCUT2D eigenvalue weighted by molar-refractivity contribution is -0.385. The molecule has 0 aliphatic carbocycles. The summed E-state index contributed by atoms with van der Waals surface area (Å²) in [6.07, 6.45) is 4.32. The Morgan fingerprint density at radius 1 is 1.48 bits per heavy atom. The normalized spacial score (nSPS) is 17.3. The van der Waals surface area contributed by atoms with Gasteiger partial charge in [0.25, 0.3) is 5.69 Å². The first kappa shape index (κ1) is 15.0. The second-order valence-corrected chi connectivity index (χ2v) is 5.74. The van der Waals surface area contributed by atoms with Crippen LogP contribution >= 0.6 is 0 Å². The van der Waals surface area contributed by atoms with Crippen LogP contribution in [0.3, 0.4) is 0 Å². The maximum atomic E-state index is 11.0. The number of rotatable bonds is 4. The predicted molar refractivity (Wildman–Crippen MR) is 80.4 cm³/mol. The molecule has 6 heteroatoms. The number of benzene rings is 1. The molecule has 1 aliphatic rings. The summed E-state index contributed by atoms with van der Waals surface area (Å²) >= 11 is 0. The number of nitro groups is 1. The van der Waals surface area contributed by atoms with Gasteiger partial charge in [0, 0.05) is 29.9 Å². The van der Waals surface area contributed by atoms with Gasteiger partial charge in [-0.3, -0.25) is 10.1 Å². The molecular weight excluding hydrogens is 272 g/mol. The zero-order chi connectivity index (χ0) is 15.6. The van der Waals surface area contributed by atoms with Crippen LogP contribution in [0.5, 0.6) is 0 Å². The molecule has 0 bridgehead atoms. The summed E-state index contributed by atoms with van der Waals surface area (Å²) in [6, 6.07) is 4.85. The van der Waals surface area contributed by atoms with Crippen molar-refractivity contribution >= 4 is 23.4 Å². The highest BCUT2D eigenvalue weighted by Crippen LogP contribution is 2.35. The maximum absolute atomic E-state index is 11.0. The minimum atomic E-state index is -1.13. The van der Waals surface area contributed by atoms with Crippen LogP contribution in [0.4, 0.5) is 11.4 Å². The molecule has 1 aromatic carbocycles. The van der Waals surface area contributed by atoms with Crippen LogP contribution in [-0.4, -0.2) is 28.1 Å². The first-order chi connectivity index (χ1) is 9.81. The standard InChI is InChI=1S/C15H18N2O4/c1-15(2)8-3-9-16(15)12-5-6-13(17(20)21)11(10-12)4-7-14(18)19/h4-7,10H,3,8-9H2,1-2H3,(H,18,19)/b7-4+. The molecule has 0 aromatic heterocycles. The Morgan fingerprint density at radius 2 is 2.19 bits per heavy atom. The zero-order valence-electron chi connectivity index (χ0n) is 12.1. The molecule has 0 amide bonds. The van der Waals surface area contributed by atoms with Gasteiger partial charge in [-0.1, -0.05) is 0 Å². The van der Waals surface area contributed by atoms with E-state index in [1.54, 1.807) is 12.1 Å². The minimum absolute atomic E-state index is 0.00388. The van der Waals surface area contributed by atoms with Crippen molar-refractivity contribution in [3.63, 3.8) is 0 Å². The summed E-state index contributed by atoms with van der Waals surface area (Å²) in [5.41, 5.74) is 1.10. The van der Waals surface area contributed by atoms with Crippen molar-refractivity contribution in [1.29, 1.82) is 0 Å². The van der Waals surface area contributed by atoms with Gasteiger partial charge in [-0.05, 0) is 44.9 Å². The van der Waals surface area contributed by atoms with E-state index in [1.807, 2.05) is 0 Å². The number of carboxylic acid groups (broad SMARTS) is 1. The Morgan fingerprint density at radius 3 is 2.71 bits per heavy atom. The van der Waals surface area contributed by atoms with Crippen molar-refractivity contribution in [3.8, 4) is 0 Å². The van der Waals surface area contributed by atoms with Gasteiger partial charge in [-0.25, -0.2) is 4.79 Å². The van der Waals surface area contributed by atoms with Crippen molar-refractivity contribution in [1.82, 2.24) is 0 Å². The average molecular weight is 290 g/mol. The number of hydrogen-bond donors (Lipinski definition) is 1. The Bertz CT molecular complexity index is 608. The molecule has 1 heterocycles. The van der Waals surface area contributed by atoms with E-state index >= 15 is 0 Å². The van der Waals surface area contributed by atoms with Gasteiger partial charge in [0.2, 0.25) is 0 Å². The fourth-order valence-electron chi connectivity index (χ4n) is 2.76. The fourth-order valence-corrected chi connectivity index (χ4v) is 2.76. The van der Waals surface area contributed by atoms with E-state index in [0.29, 0.717) is 5.56 Å². The van der Waals surface area contributed by atoms with Crippen molar-refractivity contribution in [2.24, 2.45) is 0 Å². The number of aliphatic carboxylic acids is 1. The van der Waals surface area contributed by atoms with Crippen molar-refractivity contribution in [2.75, 3.05) is 11.4 Å². The minimum Gasteiger partial charge on any atom is -0.478 e. The topological polar surface area (TPSA) is 83.7 Å². The molecule has 1 N–H and O–H groups in total. The van der Waals surface area contributed by atoms with Gasteiger partial charge in [-0.15, -0.1) is 0 Å². The van der Waals surface area contributed by atoms with Crippen LogP contribution in [0.15, 0.2) is 24.3 Å². The van der Waals surface area contributed by atoms with E-state index in [9.17, 15) is 14.9 Å². The molecule has 0 radical (unpaired) electrons. The largest absolute Gasteiger partial charge is 0.478 e. The Balaban J connectivity index is 2.44. The van der Waals surface area contributed by atoms with E-state index in [1.165, 1.54) is 12.1 Å². The van der Waals surface area contributed by atoms with Crippen molar-refractivity contribution in [3.05, 3.63) is 40.0 Å². The molecule has 1 aromatic rings. The summed E-state index contributed by atoms with van der Waals surface area (Å²) in [5, 5.41) is 19.7. The Hall–Kier alpha value is -2.37. The van der Waals surface area contributed by atoms with Crippen LogP contribution in [-0.2, 0) is 4.79 Å². The molecule has 2 rings (SSSR count).